The highest BCUT2D eigenvalue weighted by atomic mass is 29.6. The monoisotopic (exact) mass is 475 g/mol. The SMILES string of the molecule is CC(C)(C)c1ccc([Si]([Si](C)(C(C)(C)C)C(C)(C)C)[Si](C)(C(C)(C)C)C(C)(C)C)cc1. The molecule has 0 amide bonds. The third-order valence-electron chi connectivity index (χ3n) is 9.04. The summed E-state index contributed by atoms with van der Waals surface area (Å²) in [5.74, 6) is 0. The van der Waals surface area contributed by atoms with Gasteiger partial charge in [-0.25, -0.2) is 0 Å². The Hall–Kier alpha value is -0.129. The average Bonchev–Trinajstić information content (AvgIpc) is 2.50. The van der Waals surface area contributed by atoms with Crippen LogP contribution in [0.3, 0.4) is 0 Å². The largest absolute Gasteiger partial charge is 0.0727 e. The molecule has 1 radical (unpaired) electrons. The van der Waals surface area contributed by atoms with Gasteiger partial charge in [-0.15, -0.1) is 0 Å². The maximum atomic E-state index is 2.79. The van der Waals surface area contributed by atoms with E-state index in [1.807, 2.05) is 0 Å². The van der Waals surface area contributed by atoms with Gasteiger partial charge >= 0.3 is 0 Å². The first-order valence-corrected chi connectivity index (χ1v) is 20.8. The molecular weight excluding hydrogens is 421 g/mol. The molecule has 179 valence electrons. The predicted octanol–water partition coefficient (Wildman–Crippen LogP) is 9.20. The first-order valence-electron chi connectivity index (χ1n) is 12.3. The van der Waals surface area contributed by atoms with Gasteiger partial charge in [0.25, 0.3) is 0 Å². The average molecular weight is 476 g/mol. The summed E-state index contributed by atoms with van der Waals surface area (Å²) in [5, 5.41) is 3.14. The lowest BCUT2D eigenvalue weighted by Crippen LogP contribution is -2.80. The Morgan fingerprint density at radius 2 is 0.742 bits per heavy atom. The molecule has 0 saturated carbocycles. The molecule has 0 heterocycles. The topological polar surface area (TPSA) is 0 Å². The van der Waals surface area contributed by atoms with Crippen LogP contribution in [0, 0.1) is 0 Å². The molecule has 31 heavy (non-hydrogen) atoms. The van der Waals surface area contributed by atoms with Gasteiger partial charge < -0.3 is 0 Å². The lowest BCUT2D eigenvalue weighted by atomic mass is 9.87. The Morgan fingerprint density at radius 3 is 0.935 bits per heavy atom. The first kappa shape index (κ1) is 28.9. The normalized spacial score (nSPS) is 15.5. The molecule has 0 aromatic heterocycles. The standard InChI is InChI=1S/C28H55Si3/c1-24(2,3)22-18-20-23(21-19-22)29(30(16,25(4,5)6)26(7,8)9)31(17,27(10,11)12)28(13,14)15/h18-21H,1-17H3. The van der Waals surface area contributed by atoms with Crippen LogP contribution in [0.5, 0.6) is 0 Å². The van der Waals surface area contributed by atoms with Crippen molar-refractivity contribution in [2.24, 2.45) is 0 Å². The second kappa shape index (κ2) is 8.27. The molecule has 0 unspecified atom stereocenters. The van der Waals surface area contributed by atoms with Crippen LogP contribution in [0.15, 0.2) is 24.3 Å². The summed E-state index contributed by atoms with van der Waals surface area (Å²) in [6.07, 6.45) is 0. The molecule has 0 bridgehead atoms. The number of hydrogen-bond acceptors (Lipinski definition) is 0. The molecule has 1 aromatic carbocycles. The van der Waals surface area contributed by atoms with E-state index in [0.29, 0.717) is 20.2 Å². The van der Waals surface area contributed by atoms with E-state index >= 15 is 0 Å². The van der Waals surface area contributed by atoms with Crippen molar-refractivity contribution < 1.29 is 0 Å². The van der Waals surface area contributed by atoms with Gasteiger partial charge in [-0.3, -0.25) is 0 Å². The minimum absolute atomic E-state index is 0.203. The van der Waals surface area contributed by atoms with Gasteiger partial charge in [-0.2, -0.15) is 0 Å². The zero-order chi connectivity index (χ0) is 25.1. The van der Waals surface area contributed by atoms with E-state index in [4.69, 9.17) is 0 Å². The van der Waals surface area contributed by atoms with E-state index in [1.165, 1.54) is 5.56 Å². The van der Waals surface area contributed by atoms with Crippen molar-refractivity contribution in [1.82, 2.24) is 0 Å². The van der Waals surface area contributed by atoms with Crippen molar-refractivity contribution >= 4 is 28.2 Å². The summed E-state index contributed by atoms with van der Waals surface area (Å²) in [4.78, 5) is 0. The second-order valence-electron chi connectivity index (χ2n) is 15.5. The smallest absolute Gasteiger partial charge is 0.0704 e. The molecule has 1 rings (SSSR count). The molecule has 1 aromatic rings. The lowest BCUT2D eigenvalue weighted by molar-refractivity contribution is 0.590. The maximum Gasteiger partial charge on any atom is 0.0727 e. The van der Waals surface area contributed by atoms with E-state index in [2.05, 4.69) is 141 Å². The predicted molar refractivity (Wildman–Crippen MR) is 153 cm³/mol. The molecule has 0 aliphatic heterocycles. The van der Waals surface area contributed by atoms with Crippen LogP contribution in [0.1, 0.15) is 109 Å². The van der Waals surface area contributed by atoms with Crippen molar-refractivity contribution in [3.05, 3.63) is 29.8 Å². The van der Waals surface area contributed by atoms with Crippen molar-refractivity contribution in [1.29, 1.82) is 0 Å². The quantitative estimate of drug-likeness (QED) is 0.382. The van der Waals surface area contributed by atoms with Crippen molar-refractivity contribution in [2.45, 2.75) is 143 Å². The third kappa shape index (κ3) is 5.04. The van der Waals surface area contributed by atoms with Crippen LogP contribution in [0.2, 0.25) is 33.2 Å². The van der Waals surface area contributed by atoms with Crippen LogP contribution < -0.4 is 5.19 Å². The van der Waals surface area contributed by atoms with Crippen LogP contribution in [0.4, 0.5) is 0 Å². The van der Waals surface area contributed by atoms with E-state index in [0.717, 1.165) is 0 Å². The molecule has 0 atom stereocenters. The molecule has 3 heteroatoms. The maximum absolute atomic E-state index is 2.79. The summed E-state index contributed by atoms with van der Waals surface area (Å²) in [6.45, 7) is 43.4. The van der Waals surface area contributed by atoms with Crippen LogP contribution in [0.25, 0.3) is 0 Å². The highest BCUT2D eigenvalue weighted by Gasteiger charge is 2.66. The number of rotatable bonds is 3. The summed E-state index contributed by atoms with van der Waals surface area (Å²) >= 11 is 0. The van der Waals surface area contributed by atoms with Gasteiger partial charge in [0.2, 0.25) is 0 Å². The molecular formula is C28H55Si3. The van der Waals surface area contributed by atoms with E-state index in [1.54, 1.807) is 5.19 Å². The molecule has 0 spiro atoms. The van der Waals surface area contributed by atoms with Crippen LogP contribution in [-0.4, -0.2) is 23.0 Å². The summed E-state index contributed by atoms with van der Waals surface area (Å²) < 4.78 is 0. The number of benzene rings is 1. The molecule has 0 nitrogen and oxygen atoms in total. The minimum atomic E-state index is -1.78. The zero-order valence-corrected chi connectivity index (χ0v) is 27.3. The fraction of sp³-hybridized carbons (Fsp3) is 0.786. The fourth-order valence-corrected chi connectivity index (χ4v) is 55.1. The Bertz CT molecular complexity index is 672. The van der Waals surface area contributed by atoms with Crippen molar-refractivity contribution in [3.63, 3.8) is 0 Å². The molecule has 0 aliphatic rings. The molecule has 0 aliphatic carbocycles. The highest BCUT2D eigenvalue weighted by Crippen LogP contribution is 2.60. The Labute approximate surface area is 200 Å². The van der Waals surface area contributed by atoms with Crippen molar-refractivity contribution in [2.75, 3.05) is 0 Å². The summed E-state index contributed by atoms with van der Waals surface area (Å²) in [5.41, 5.74) is 1.66. The highest BCUT2D eigenvalue weighted by molar-refractivity contribution is 7.66. The number of hydrogen-bond donors (Lipinski definition) is 0. The van der Waals surface area contributed by atoms with Gasteiger partial charge in [0.15, 0.2) is 0 Å². The van der Waals surface area contributed by atoms with E-state index < -0.39 is 23.0 Å². The fourth-order valence-electron chi connectivity index (χ4n) is 5.96. The van der Waals surface area contributed by atoms with Gasteiger partial charge in [0, 0.05) is 0 Å². The van der Waals surface area contributed by atoms with Crippen molar-refractivity contribution in [3.8, 4) is 0 Å². The van der Waals surface area contributed by atoms with Gasteiger partial charge in [0.05, 0.1) is 23.0 Å². The van der Waals surface area contributed by atoms with E-state index in [9.17, 15) is 0 Å². The molecule has 0 N–H and O–H groups in total. The van der Waals surface area contributed by atoms with Gasteiger partial charge in [0.1, 0.15) is 0 Å². The summed E-state index contributed by atoms with van der Waals surface area (Å²) in [6, 6.07) is 10.1. The zero-order valence-electron chi connectivity index (χ0n) is 24.3. The third-order valence-corrected chi connectivity index (χ3v) is 49.7. The Kier molecular flexibility index (Phi) is 7.71. The lowest BCUT2D eigenvalue weighted by Gasteiger charge is -2.64. The van der Waals surface area contributed by atoms with E-state index in [-0.39, 0.29) is 5.41 Å². The minimum Gasteiger partial charge on any atom is -0.0704 e. The second-order valence-corrected chi connectivity index (χ2v) is 37.8. The van der Waals surface area contributed by atoms with Crippen LogP contribution in [-0.2, 0) is 5.41 Å². The van der Waals surface area contributed by atoms with Gasteiger partial charge in [-0.1, -0.05) is 146 Å². The molecule has 0 saturated heterocycles. The first-order chi connectivity index (χ1) is 13.3. The van der Waals surface area contributed by atoms with Gasteiger partial charge in [-0.05, 0) is 31.1 Å². The Morgan fingerprint density at radius 1 is 0.484 bits per heavy atom. The molecule has 0 fully saturated rings. The summed E-state index contributed by atoms with van der Waals surface area (Å²) in [7, 11) is -4.36. The Balaban J connectivity index is 4.14. The van der Waals surface area contributed by atoms with Crippen LogP contribution >= 0.6 is 0 Å².